The summed E-state index contributed by atoms with van der Waals surface area (Å²) in [6.45, 7) is 2.44. The highest BCUT2D eigenvalue weighted by molar-refractivity contribution is 8.00. The van der Waals surface area contributed by atoms with E-state index >= 15 is 0 Å². The number of rotatable bonds is 2. The summed E-state index contributed by atoms with van der Waals surface area (Å²) in [6.07, 6.45) is 19.8. The fourth-order valence-electron chi connectivity index (χ4n) is 4.10. The van der Waals surface area contributed by atoms with Crippen LogP contribution in [0.5, 0.6) is 0 Å². The molecule has 0 aromatic carbocycles. The molecule has 21 heavy (non-hydrogen) atoms. The van der Waals surface area contributed by atoms with Crippen LogP contribution in [0.2, 0.25) is 0 Å². The Balaban J connectivity index is 1.82. The summed E-state index contributed by atoms with van der Waals surface area (Å²) in [6, 6.07) is 0.451. The van der Waals surface area contributed by atoms with Crippen LogP contribution in [0.3, 0.4) is 0 Å². The molecule has 124 valence electrons. The Morgan fingerprint density at radius 2 is 1.33 bits per heavy atom. The maximum absolute atomic E-state index is 6.59. The summed E-state index contributed by atoms with van der Waals surface area (Å²) in [5.74, 6) is 0.943. The van der Waals surface area contributed by atoms with Crippen molar-refractivity contribution in [2.45, 2.75) is 113 Å². The second-order valence-electron chi connectivity index (χ2n) is 7.64. The third-order valence-electron chi connectivity index (χ3n) is 5.51. The van der Waals surface area contributed by atoms with E-state index in [0.29, 0.717) is 6.04 Å². The first kappa shape index (κ1) is 17.7. The van der Waals surface area contributed by atoms with E-state index in [2.05, 4.69) is 18.7 Å². The average molecular weight is 312 g/mol. The highest BCUT2D eigenvalue weighted by atomic mass is 32.2. The normalized spacial score (nSPS) is 37.4. The van der Waals surface area contributed by atoms with Crippen LogP contribution in [-0.2, 0) is 0 Å². The lowest BCUT2D eigenvalue weighted by atomic mass is 9.90. The van der Waals surface area contributed by atoms with Crippen LogP contribution >= 0.6 is 11.8 Å². The van der Waals surface area contributed by atoms with Gasteiger partial charge in [0.2, 0.25) is 0 Å². The van der Waals surface area contributed by atoms with Gasteiger partial charge in [-0.15, -0.1) is 0 Å². The summed E-state index contributed by atoms with van der Waals surface area (Å²) in [5.41, 5.74) is 6.59. The number of nitrogens with two attached hydrogens (primary N) is 1. The van der Waals surface area contributed by atoms with E-state index in [-0.39, 0.29) is 0 Å². The van der Waals surface area contributed by atoms with Gasteiger partial charge in [0, 0.05) is 16.5 Å². The zero-order valence-corrected chi connectivity index (χ0v) is 15.0. The van der Waals surface area contributed by atoms with Crippen LogP contribution in [0.4, 0.5) is 0 Å². The standard InChI is InChI=1S/C19H37NS/c1-16-11-10-12-17(15-16)21-19-14-9-7-5-3-2-4-6-8-13-18(19)20/h16-19H,2-15,20H2,1H3. The molecule has 2 rings (SSSR count). The SMILES string of the molecule is CC1CCCC(SC2CCCCCCCCCCC2N)C1. The molecule has 2 fully saturated rings. The molecule has 0 aromatic rings. The lowest BCUT2D eigenvalue weighted by Gasteiger charge is -2.32. The summed E-state index contributed by atoms with van der Waals surface area (Å²) < 4.78 is 0. The Morgan fingerprint density at radius 3 is 2.00 bits per heavy atom. The molecule has 2 aliphatic carbocycles. The van der Waals surface area contributed by atoms with Crippen LogP contribution in [0.1, 0.15) is 96.8 Å². The van der Waals surface area contributed by atoms with Crippen LogP contribution in [0.25, 0.3) is 0 Å². The lowest BCUT2D eigenvalue weighted by molar-refractivity contribution is 0.391. The van der Waals surface area contributed by atoms with E-state index in [0.717, 1.165) is 16.4 Å². The molecule has 4 unspecified atom stereocenters. The van der Waals surface area contributed by atoms with E-state index < -0.39 is 0 Å². The second kappa shape index (κ2) is 10.2. The predicted molar refractivity (Wildman–Crippen MR) is 96.9 cm³/mol. The van der Waals surface area contributed by atoms with Crippen LogP contribution in [0, 0.1) is 5.92 Å². The molecule has 0 aromatic heterocycles. The molecule has 1 nitrogen and oxygen atoms in total. The Hall–Kier alpha value is 0.310. The molecule has 0 aliphatic heterocycles. The molecular formula is C19H37NS. The average Bonchev–Trinajstić information content (AvgIpc) is 2.46. The Bertz CT molecular complexity index is 268. The first-order chi connectivity index (χ1) is 10.3. The van der Waals surface area contributed by atoms with Crippen molar-refractivity contribution in [3.05, 3.63) is 0 Å². The van der Waals surface area contributed by atoms with Gasteiger partial charge >= 0.3 is 0 Å². The molecule has 2 N–H and O–H groups in total. The number of hydrogen-bond donors (Lipinski definition) is 1. The highest BCUT2D eigenvalue weighted by Crippen LogP contribution is 2.37. The van der Waals surface area contributed by atoms with Crippen molar-refractivity contribution in [1.82, 2.24) is 0 Å². The van der Waals surface area contributed by atoms with Gasteiger partial charge in [0.05, 0.1) is 0 Å². The third-order valence-corrected chi connectivity index (χ3v) is 7.26. The molecule has 0 spiro atoms. The number of hydrogen-bond acceptors (Lipinski definition) is 2. The summed E-state index contributed by atoms with van der Waals surface area (Å²) in [4.78, 5) is 0. The van der Waals surface area contributed by atoms with E-state index in [1.54, 1.807) is 0 Å². The fraction of sp³-hybridized carbons (Fsp3) is 1.00. The van der Waals surface area contributed by atoms with Gasteiger partial charge in [-0.05, 0) is 31.6 Å². The summed E-state index contributed by atoms with van der Waals surface area (Å²) in [5, 5.41) is 1.64. The fourth-order valence-corrected chi connectivity index (χ4v) is 5.98. The Kier molecular flexibility index (Phi) is 8.54. The minimum Gasteiger partial charge on any atom is -0.327 e. The molecule has 4 atom stereocenters. The van der Waals surface area contributed by atoms with E-state index in [9.17, 15) is 0 Å². The van der Waals surface area contributed by atoms with Crippen molar-refractivity contribution in [2.75, 3.05) is 0 Å². The van der Waals surface area contributed by atoms with Gasteiger partial charge in [-0.1, -0.05) is 71.1 Å². The number of thioether (sulfide) groups is 1. The van der Waals surface area contributed by atoms with Gasteiger partial charge in [0.15, 0.2) is 0 Å². The molecule has 2 aliphatic rings. The van der Waals surface area contributed by atoms with Crippen LogP contribution in [0.15, 0.2) is 0 Å². The monoisotopic (exact) mass is 311 g/mol. The van der Waals surface area contributed by atoms with Gasteiger partial charge in [-0.3, -0.25) is 0 Å². The van der Waals surface area contributed by atoms with Crippen molar-refractivity contribution < 1.29 is 0 Å². The van der Waals surface area contributed by atoms with Gasteiger partial charge in [0.25, 0.3) is 0 Å². The van der Waals surface area contributed by atoms with Crippen molar-refractivity contribution in [3.63, 3.8) is 0 Å². The quantitative estimate of drug-likeness (QED) is 0.686. The van der Waals surface area contributed by atoms with E-state index in [4.69, 9.17) is 5.73 Å². The van der Waals surface area contributed by atoms with E-state index in [1.165, 1.54) is 89.9 Å². The molecule has 0 amide bonds. The Morgan fingerprint density at radius 1 is 0.714 bits per heavy atom. The maximum atomic E-state index is 6.59. The third kappa shape index (κ3) is 6.95. The van der Waals surface area contributed by atoms with Gasteiger partial charge in [0.1, 0.15) is 0 Å². The van der Waals surface area contributed by atoms with Crippen molar-refractivity contribution >= 4 is 11.8 Å². The van der Waals surface area contributed by atoms with E-state index in [1.807, 2.05) is 0 Å². The molecule has 0 radical (unpaired) electrons. The molecule has 0 saturated heterocycles. The smallest absolute Gasteiger partial charge is 0.0201 e. The van der Waals surface area contributed by atoms with Crippen molar-refractivity contribution in [3.8, 4) is 0 Å². The molecular weight excluding hydrogens is 274 g/mol. The van der Waals surface area contributed by atoms with Gasteiger partial charge in [-0.2, -0.15) is 11.8 Å². The van der Waals surface area contributed by atoms with Crippen LogP contribution < -0.4 is 5.73 Å². The minimum absolute atomic E-state index is 0.451. The minimum atomic E-state index is 0.451. The summed E-state index contributed by atoms with van der Waals surface area (Å²) >= 11 is 2.28. The van der Waals surface area contributed by atoms with Crippen LogP contribution in [-0.4, -0.2) is 16.5 Å². The van der Waals surface area contributed by atoms with Crippen molar-refractivity contribution in [1.29, 1.82) is 0 Å². The first-order valence-electron chi connectivity index (χ1n) is 9.66. The zero-order chi connectivity index (χ0) is 14.9. The second-order valence-corrected chi connectivity index (χ2v) is 9.18. The summed E-state index contributed by atoms with van der Waals surface area (Å²) in [7, 11) is 0. The molecule has 0 bridgehead atoms. The molecule has 0 heterocycles. The predicted octanol–water partition coefficient (Wildman–Crippen LogP) is 5.91. The highest BCUT2D eigenvalue weighted by Gasteiger charge is 2.26. The first-order valence-corrected chi connectivity index (χ1v) is 10.6. The molecule has 2 heteroatoms. The topological polar surface area (TPSA) is 26.0 Å². The van der Waals surface area contributed by atoms with Crippen molar-refractivity contribution in [2.24, 2.45) is 11.7 Å². The molecule has 2 saturated carbocycles. The maximum Gasteiger partial charge on any atom is 0.0201 e. The van der Waals surface area contributed by atoms with Gasteiger partial charge < -0.3 is 5.73 Å². The Labute approximate surface area is 137 Å². The zero-order valence-electron chi connectivity index (χ0n) is 14.2. The van der Waals surface area contributed by atoms with Gasteiger partial charge in [-0.25, -0.2) is 0 Å². The lowest BCUT2D eigenvalue weighted by Crippen LogP contribution is -2.34. The largest absolute Gasteiger partial charge is 0.327 e.